The molecule has 106 valence electrons. The van der Waals surface area contributed by atoms with E-state index in [1.165, 1.54) is 6.07 Å². The van der Waals surface area contributed by atoms with E-state index in [1.54, 1.807) is 26.0 Å². The molecule has 0 amide bonds. The van der Waals surface area contributed by atoms with Gasteiger partial charge >= 0.3 is 5.97 Å². The highest BCUT2D eigenvalue weighted by atomic mass is 19.1. The van der Waals surface area contributed by atoms with E-state index >= 15 is 0 Å². The number of aromatic carboxylic acids is 1. The van der Waals surface area contributed by atoms with Crippen molar-refractivity contribution in [3.8, 4) is 0 Å². The predicted octanol–water partition coefficient (Wildman–Crippen LogP) is 2.42. The van der Waals surface area contributed by atoms with Gasteiger partial charge in [0.1, 0.15) is 5.82 Å². The molecule has 0 saturated heterocycles. The Bertz CT molecular complexity index is 614. The number of aryl methyl sites for hydroxylation is 2. The standard InChI is InChI=1S/C14H15FN2O3/c1-8-3-10(4-9(2)13(8)15)6-16-7-11-5-12(14(18)19)17-20-11/h3-5,16H,6-7H2,1-2H3,(H,18,19). The van der Waals surface area contributed by atoms with Crippen LogP contribution in [-0.4, -0.2) is 16.2 Å². The fourth-order valence-electron chi connectivity index (χ4n) is 1.96. The third kappa shape index (κ3) is 3.21. The molecular weight excluding hydrogens is 263 g/mol. The molecule has 0 spiro atoms. The number of nitrogens with one attached hydrogen (secondary N) is 1. The largest absolute Gasteiger partial charge is 0.476 e. The molecule has 2 aromatic rings. The maximum absolute atomic E-state index is 13.5. The van der Waals surface area contributed by atoms with Crippen LogP contribution in [0.25, 0.3) is 0 Å². The van der Waals surface area contributed by atoms with E-state index < -0.39 is 5.97 Å². The first-order valence-corrected chi connectivity index (χ1v) is 6.12. The van der Waals surface area contributed by atoms with Crippen LogP contribution in [0.3, 0.4) is 0 Å². The van der Waals surface area contributed by atoms with Crippen LogP contribution in [0.2, 0.25) is 0 Å². The Morgan fingerprint density at radius 3 is 2.50 bits per heavy atom. The van der Waals surface area contributed by atoms with Gasteiger partial charge < -0.3 is 14.9 Å². The van der Waals surface area contributed by atoms with Crippen LogP contribution in [0.15, 0.2) is 22.7 Å². The van der Waals surface area contributed by atoms with Gasteiger partial charge in [-0.1, -0.05) is 17.3 Å². The first-order valence-electron chi connectivity index (χ1n) is 6.12. The molecule has 20 heavy (non-hydrogen) atoms. The summed E-state index contributed by atoms with van der Waals surface area (Å²) in [6, 6.07) is 4.92. The van der Waals surface area contributed by atoms with Gasteiger partial charge in [-0.2, -0.15) is 0 Å². The quantitative estimate of drug-likeness (QED) is 0.878. The van der Waals surface area contributed by atoms with Crippen LogP contribution < -0.4 is 5.32 Å². The molecule has 0 atom stereocenters. The number of halogens is 1. The summed E-state index contributed by atoms with van der Waals surface area (Å²) in [5, 5.41) is 15.2. The molecule has 0 aliphatic rings. The maximum atomic E-state index is 13.5. The summed E-state index contributed by atoms with van der Waals surface area (Å²) in [5.41, 5.74) is 2.05. The van der Waals surface area contributed by atoms with Gasteiger partial charge in [-0.25, -0.2) is 9.18 Å². The molecule has 1 heterocycles. The van der Waals surface area contributed by atoms with Crippen LogP contribution in [-0.2, 0) is 13.1 Å². The van der Waals surface area contributed by atoms with Gasteiger partial charge in [0.05, 0.1) is 6.54 Å². The molecule has 1 aromatic heterocycles. The zero-order valence-corrected chi connectivity index (χ0v) is 11.2. The van der Waals surface area contributed by atoms with E-state index in [0.29, 0.717) is 30.0 Å². The lowest BCUT2D eigenvalue weighted by Gasteiger charge is -2.07. The Balaban J connectivity index is 1.94. The van der Waals surface area contributed by atoms with Crippen LogP contribution >= 0.6 is 0 Å². The summed E-state index contributed by atoms with van der Waals surface area (Å²) < 4.78 is 18.4. The number of nitrogens with zero attached hydrogens (tertiary/aromatic N) is 1. The SMILES string of the molecule is Cc1cc(CNCc2cc(C(=O)O)no2)cc(C)c1F. The van der Waals surface area contributed by atoms with Gasteiger partial charge in [-0.15, -0.1) is 0 Å². The van der Waals surface area contributed by atoms with Crippen molar-refractivity contribution in [1.82, 2.24) is 10.5 Å². The summed E-state index contributed by atoms with van der Waals surface area (Å²) in [6.07, 6.45) is 0. The molecule has 0 aliphatic carbocycles. The number of aromatic nitrogens is 1. The Kier molecular flexibility index (Phi) is 4.14. The minimum absolute atomic E-state index is 0.115. The number of carbonyl (C=O) groups is 1. The fourth-order valence-corrected chi connectivity index (χ4v) is 1.96. The van der Waals surface area contributed by atoms with Crippen molar-refractivity contribution in [1.29, 1.82) is 0 Å². The highest BCUT2D eigenvalue weighted by molar-refractivity contribution is 5.85. The predicted molar refractivity (Wildman–Crippen MR) is 69.9 cm³/mol. The number of carboxylic acid groups (broad SMARTS) is 1. The van der Waals surface area contributed by atoms with Gasteiger partial charge in [0, 0.05) is 12.6 Å². The number of hydrogen-bond acceptors (Lipinski definition) is 4. The van der Waals surface area contributed by atoms with Crippen molar-refractivity contribution < 1.29 is 18.8 Å². The van der Waals surface area contributed by atoms with Crippen LogP contribution in [0.5, 0.6) is 0 Å². The van der Waals surface area contributed by atoms with Gasteiger partial charge in [0.2, 0.25) is 0 Å². The normalized spacial score (nSPS) is 10.8. The summed E-state index contributed by atoms with van der Waals surface area (Å²) in [5.74, 6) is -0.863. The molecular formula is C14H15FN2O3. The van der Waals surface area contributed by atoms with E-state index in [4.69, 9.17) is 9.63 Å². The average Bonchev–Trinajstić information content (AvgIpc) is 2.85. The van der Waals surface area contributed by atoms with E-state index in [0.717, 1.165) is 5.56 Å². The van der Waals surface area contributed by atoms with Crippen molar-refractivity contribution in [2.24, 2.45) is 0 Å². The Morgan fingerprint density at radius 2 is 1.95 bits per heavy atom. The molecule has 0 aliphatic heterocycles. The van der Waals surface area contributed by atoms with Gasteiger partial charge in [0.15, 0.2) is 11.5 Å². The van der Waals surface area contributed by atoms with Gasteiger partial charge in [-0.3, -0.25) is 0 Å². The smallest absolute Gasteiger partial charge is 0.358 e. The monoisotopic (exact) mass is 278 g/mol. The van der Waals surface area contributed by atoms with Crippen molar-refractivity contribution >= 4 is 5.97 Å². The van der Waals surface area contributed by atoms with Crippen LogP contribution in [0.1, 0.15) is 32.9 Å². The molecule has 0 bridgehead atoms. The zero-order valence-electron chi connectivity index (χ0n) is 11.2. The highest BCUT2D eigenvalue weighted by Gasteiger charge is 2.10. The summed E-state index contributed by atoms with van der Waals surface area (Å²) in [4.78, 5) is 10.6. The first kappa shape index (κ1) is 14.2. The second kappa shape index (κ2) is 5.83. The van der Waals surface area contributed by atoms with E-state index in [9.17, 15) is 9.18 Å². The number of benzene rings is 1. The van der Waals surface area contributed by atoms with E-state index in [-0.39, 0.29) is 11.5 Å². The van der Waals surface area contributed by atoms with Crippen LogP contribution in [0, 0.1) is 19.7 Å². The molecule has 0 saturated carbocycles. The minimum Gasteiger partial charge on any atom is -0.476 e. The van der Waals surface area contributed by atoms with Crippen molar-refractivity contribution in [2.45, 2.75) is 26.9 Å². The number of rotatable bonds is 5. The Hall–Kier alpha value is -2.21. The topological polar surface area (TPSA) is 75.4 Å². The lowest BCUT2D eigenvalue weighted by molar-refractivity contribution is 0.0685. The van der Waals surface area contributed by atoms with Gasteiger partial charge in [-0.05, 0) is 30.5 Å². The Labute approximate surface area is 115 Å². The second-order valence-electron chi connectivity index (χ2n) is 4.63. The summed E-state index contributed by atoms with van der Waals surface area (Å²) >= 11 is 0. The molecule has 6 heteroatoms. The highest BCUT2D eigenvalue weighted by Crippen LogP contribution is 2.14. The molecule has 0 unspecified atom stereocenters. The molecule has 0 fully saturated rings. The Morgan fingerprint density at radius 1 is 1.30 bits per heavy atom. The number of carboxylic acids is 1. The molecule has 0 radical (unpaired) electrons. The minimum atomic E-state index is -1.12. The summed E-state index contributed by atoms with van der Waals surface area (Å²) in [7, 11) is 0. The third-order valence-electron chi connectivity index (χ3n) is 2.90. The zero-order chi connectivity index (χ0) is 14.7. The molecule has 2 N–H and O–H groups in total. The average molecular weight is 278 g/mol. The third-order valence-corrected chi connectivity index (χ3v) is 2.90. The van der Waals surface area contributed by atoms with Crippen molar-refractivity contribution in [3.63, 3.8) is 0 Å². The number of hydrogen-bond donors (Lipinski definition) is 2. The molecule has 1 aromatic carbocycles. The van der Waals surface area contributed by atoms with Gasteiger partial charge in [0.25, 0.3) is 0 Å². The lowest BCUT2D eigenvalue weighted by atomic mass is 10.1. The fraction of sp³-hybridized carbons (Fsp3) is 0.286. The van der Waals surface area contributed by atoms with Crippen LogP contribution in [0.4, 0.5) is 4.39 Å². The van der Waals surface area contributed by atoms with Crippen molar-refractivity contribution in [3.05, 3.63) is 52.2 Å². The molecule has 5 nitrogen and oxygen atoms in total. The summed E-state index contributed by atoms with van der Waals surface area (Å²) in [6.45, 7) is 4.34. The molecule has 2 rings (SSSR count). The van der Waals surface area contributed by atoms with Crippen molar-refractivity contribution in [2.75, 3.05) is 0 Å². The van der Waals surface area contributed by atoms with E-state index in [2.05, 4.69) is 10.5 Å². The lowest BCUT2D eigenvalue weighted by Crippen LogP contribution is -2.12. The second-order valence-corrected chi connectivity index (χ2v) is 4.63. The van der Waals surface area contributed by atoms with E-state index in [1.807, 2.05) is 0 Å². The first-order chi connectivity index (χ1) is 9.47. The maximum Gasteiger partial charge on any atom is 0.358 e.